The van der Waals surface area contributed by atoms with Crippen LogP contribution in [0.5, 0.6) is 5.75 Å². The van der Waals surface area contributed by atoms with Gasteiger partial charge < -0.3 is 20.3 Å². The number of hydrogen-bond donors (Lipinski definition) is 3. The van der Waals surface area contributed by atoms with Crippen LogP contribution in [-0.2, 0) is 9.59 Å². The van der Waals surface area contributed by atoms with E-state index in [-0.39, 0.29) is 0 Å². The van der Waals surface area contributed by atoms with Gasteiger partial charge in [0, 0.05) is 17.1 Å². The molecule has 0 fully saturated rings. The molecule has 1 rings (SSSR count). The topological polar surface area (TPSA) is 95.9 Å². The fourth-order valence-corrected chi connectivity index (χ4v) is 1.45. The van der Waals surface area contributed by atoms with Crippen molar-refractivity contribution in [2.45, 2.75) is 19.9 Å². The van der Waals surface area contributed by atoms with Crippen LogP contribution in [0.25, 0.3) is 0 Å². The Hall–Kier alpha value is -1.60. The van der Waals surface area contributed by atoms with Crippen molar-refractivity contribution in [1.82, 2.24) is 5.32 Å². The van der Waals surface area contributed by atoms with E-state index in [1.807, 2.05) is 24.3 Å². The summed E-state index contributed by atoms with van der Waals surface area (Å²) in [5.41, 5.74) is 0. The lowest BCUT2D eigenvalue weighted by Crippen LogP contribution is -2.27. The number of aliphatic carboxylic acids is 2. The third-order valence-electron chi connectivity index (χ3n) is 1.90. The molecular formula is C13H18BrNO5. The summed E-state index contributed by atoms with van der Waals surface area (Å²) in [5, 5.41) is 18.1. The van der Waals surface area contributed by atoms with E-state index in [9.17, 15) is 0 Å². The first-order valence-corrected chi connectivity index (χ1v) is 6.70. The Bertz CT molecular complexity index is 425. The van der Waals surface area contributed by atoms with E-state index in [1.165, 1.54) is 0 Å². The SMILES string of the molecule is CC(C)NCCOc1cccc(Br)c1.O=C(O)C(=O)O. The van der Waals surface area contributed by atoms with Gasteiger partial charge in [-0.1, -0.05) is 35.8 Å². The molecule has 0 bridgehead atoms. The molecule has 0 radical (unpaired) electrons. The van der Waals surface area contributed by atoms with Gasteiger partial charge >= 0.3 is 11.9 Å². The molecule has 0 unspecified atom stereocenters. The summed E-state index contributed by atoms with van der Waals surface area (Å²) >= 11 is 3.40. The van der Waals surface area contributed by atoms with Gasteiger partial charge in [0.1, 0.15) is 12.4 Å². The first-order chi connectivity index (χ1) is 9.32. The number of benzene rings is 1. The van der Waals surface area contributed by atoms with Crippen molar-refractivity contribution in [1.29, 1.82) is 0 Å². The summed E-state index contributed by atoms with van der Waals surface area (Å²) in [7, 11) is 0. The first kappa shape index (κ1) is 18.4. The molecule has 20 heavy (non-hydrogen) atoms. The van der Waals surface area contributed by atoms with Crippen molar-refractivity contribution in [3.05, 3.63) is 28.7 Å². The molecule has 1 aromatic carbocycles. The Morgan fingerprint density at radius 1 is 1.30 bits per heavy atom. The Morgan fingerprint density at radius 3 is 2.35 bits per heavy atom. The Labute approximate surface area is 125 Å². The van der Waals surface area contributed by atoms with Crippen LogP contribution in [0.15, 0.2) is 28.7 Å². The molecule has 0 aliphatic rings. The second kappa shape index (κ2) is 10.2. The zero-order valence-electron chi connectivity index (χ0n) is 11.3. The van der Waals surface area contributed by atoms with Crippen LogP contribution in [0.2, 0.25) is 0 Å². The Balaban J connectivity index is 0.000000511. The first-order valence-electron chi connectivity index (χ1n) is 5.91. The van der Waals surface area contributed by atoms with E-state index in [1.54, 1.807) is 0 Å². The monoisotopic (exact) mass is 347 g/mol. The van der Waals surface area contributed by atoms with E-state index >= 15 is 0 Å². The lowest BCUT2D eigenvalue weighted by Gasteiger charge is -2.09. The van der Waals surface area contributed by atoms with Crippen molar-refractivity contribution in [3.8, 4) is 5.75 Å². The van der Waals surface area contributed by atoms with Gasteiger partial charge in [-0.2, -0.15) is 0 Å². The molecule has 3 N–H and O–H groups in total. The predicted molar refractivity (Wildman–Crippen MR) is 78.0 cm³/mol. The number of carboxylic acids is 2. The van der Waals surface area contributed by atoms with E-state index in [0.717, 1.165) is 16.8 Å². The highest BCUT2D eigenvalue weighted by Gasteiger charge is 2.04. The lowest BCUT2D eigenvalue weighted by atomic mass is 10.3. The van der Waals surface area contributed by atoms with Gasteiger partial charge in [-0.05, 0) is 18.2 Å². The summed E-state index contributed by atoms with van der Waals surface area (Å²) in [6.07, 6.45) is 0. The number of halogens is 1. The molecule has 0 saturated heterocycles. The molecule has 0 aliphatic heterocycles. The molecule has 7 heteroatoms. The minimum Gasteiger partial charge on any atom is -0.492 e. The van der Waals surface area contributed by atoms with Crippen molar-refractivity contribution in [2.75, 3.05) is 13.2 Å². The number of carbonyl (C=O) groups is 2. The van der Waals surface area contributed by atoms with Gasteiger partial charge in [0.05, 0.1) is 0 Å². The molecule has 0 amide bonds. The van der Waals surface area contributed by atoms with Crippen molar-refractivity contribution < 1.29 is 24.5 Å². The summed E-state index contributed by atoms with van der Waals surface area (Å²) in [6, 6.07) is 8.39. The minimum atomic E-state index is -1.82. The molecule has 0 aromatic heterocycles. The van der Waals surface area contributed by atoms with Crippen LogP contribution in [0.4, 0.5) is 0 Å². The molecule has 0 saturated carbocycles. The van der Waals surface area contributed by atoms with Gasteiger partial charge in [0.15, 0.2) is 0 Å². The number of ether oxygens (including phenoxy) is 1. The lowest BCUT2D eigenvalue weighted by molar-refractivity contribution is -0.159. The summed E-state index contributed by atoms with van der Waals surface area (Å²) in [5.74, 6) is -2.74. The molecule has 6 nitrogen and oxygen atoms in total. The molecule has 112 valence electrons. The second-order valence-electron chi connectivity index (χ2n) is 4.02. The quantitative estimate of drug-likeness (QED) is 0.556. The molecular weight excluding hydrogens is 330 g/mol. The van der Waals surface area contributed by atoms with Gasteiger partial charge in [-0.15, -0.1) is 0 Å². The Kier molecular flexibility index (Phi) is 9.40. The Morgan fingerprint density at radius 2 is 1.90 bits per heavy atom. The minimum absolute atomic E-state index is 0.515. The average molecular weight is 348 g/mol. The van der Waals surface area contributed by atoms with E-state index in [2.05, 4.69) is 35.1 Å². The number of nitrogens with one attached hydrogen (secondary N) is 1. The van der Waals surface area contributed by atoms with Crippen LogP contribution in [-0.4, -0.2) is 41.3 Å². The largest absolute Gasteiger partial charge is 0.492 e. The normalized spacial score (nSPS) is 9.60. The molecule has 0 atom stereocenters. The third-order valence-corrected chi connectivity index (χ3v) is 2.40. The molecule has 0 spiro atoms. The maximum absolute atomic E-state index is 9.10. The smallest absolute Gasteiger partial charge is 0.414 e. The van der Waals surface area contributed by atoms with Crippen LogP contribution >= 0.6 is 15.9 Å². The summed E-state index contributed by atoms with van der Waals surface area (Å²) < 4.78 is 6.59. The van der Waals surface area contributed by atoms with Crippen molar-refractivity contribution >= 4 is 27.9 Å². The fourth-order valence-electron chi connectivity index (χ4n) is 1.07. The highest BCUT2D eigenvalue weighted by atomic mass is 79.9. The van der Waals surface area contributed by atoms with Gasteiger partial charge in [-0.25, -0.2) is 9.59 Å². The van der Waals surface area contributed by atoms with Gasteiger partial charge in [0.25, 0.3) is 0 Å². The number of hydrogen-bond acceptors (Lipinski definition) is 4. The average Bonchev–Trinajstić information content (AvgIpc) is 2.35. The summed E-state index contributed by atoms with van der Waals surface area (Å²) in [4.78, 5) is 18.2. The zero-order valence-corrected chi connectivity index (χ0v) is 12.9. The number of carboxylic acid groups (broad SMARTS) is 2. The third kappa shape index (κ3) is 10.3. The highest BCUT2D eigenvalue weighted by molar-refractivity contribution is 9.10. The van der Waals surface area contributed by atoms with Crippen LogP contribution in [0.3, 0.4) is 0 Å². The predicted octanol–water partition coefficient (Wildman–Crippen LogP) is 1.98. The van der Waals surface area contributed by atoms with Crippen LogP contribution in [0, 0.1) is 0 Å². The van der Waals surface area contributed by atoms with Crippen LogP contribution in [0.1, 0.15) is 13.8 Å². The van der Waals surface area contributed by atoms with Crippen molar-refractivity contribution in [2.24, 2.45) is 0 Å². The van der Waals surface area contributed by atoms with Crippen molar-refractivity contribution in [3.63, 3.8) is 0 Å². The molecule has 0 aliphatic carbocycles. The maximum atomic E-state index is 9.10. The zero-order chi connectivity index (χ0) is 15.5. The van der Waals surface area contributed by atoms with E-state index < -0.39 is 11.9 Å². The summed E-state index contributed by atoms with van der Waals surface area (Å²) in [6.45, 7) is 5.83. The van der Waals surface area contributed by atoms with Gasteiger partial charge in [0.2, 0.25) is 0 Å². The standard InChI is InChI=1S/C11H16BrNO.C2H2O4/c1-9(2)13-6-7-14-11-5-3-4-10(12)8-11;3-1(4)2(5)6/h3-5,8-9,13H,6-7H2,1-2H3;(H,3,4)(H,5,6). The van der Waals surface area contributed by atoms with Crippen LogP contribution < -0.4 is 10.1 Å². The number of rotatable bonds is 5. The maximum Gasteiger partial charge on any atom is 0.414 e. The van der Waals surface area contributed by atoms with E-state index in [4.69, 9.17) is 24.5 Å². The highest BCUT2D eigenvalue weighted by Crippen LogP contribution is 2.17. The second-order valence-corrected chi connectivity index (χ2v) is 4.94. The van der Waals surface area contributed by atoms with Gasteiger partial charge in [-0.3, -0.25) is 0 Å². The molecule has 1 aromatic rings. The molecule has 0 heterocycles. The fraction of sp³-hybridized carbons (Fsp3) is 0.385. The van der Waals surface area contributed by atoms with E-state index in [0.29, 0.717) is 12.6 Å².